The minimum absolute atomic E-state index is 0.111. The van der Waals surface area contributed by atoms with Crippen LogP contribution in [0.2, 0.25) is 0 Å². The molecule has 1 unspecified atom stereocenters. The molecule has 22 heavy (non-hydrogen) atoms. The molecule has 1 aromatic rings. The zero-order chi connectivity index (χ0) is 17.1. The monoisotopic (exact) mass is 310 g/mol. The van der Waals surface area contributed by atoms with Gasteiger partial charge in [-0.2, -0.15) is 0 Å². The van der Waals surface area contributed by atoms with Gasteiger partial charge in [0, 0.05) is 0 Å². The van der Waals surface area contributed by atoms with Gasteiger partial charge in [0.05, 0.1) is 17.0 Å². The number of carboxylic acid groups (broad SMARTS) is 3. The lowest BCUT2D eigenvalue weighted by molar-refractivity contribution is -0.142. The highest BCUT2D eigenvalue weighted by molar-refractivity contribution is 6.01. The van der Waals surface area contributed by atoms with Crippen LogP contribution in [0.25, 0.3) is 0 Å². The zero-order valence-electron chi connectivity index (χ0n) is 12.8. The van der Waals surface area contributed by atoms with Crippen molar-refractivity contribution in [3.8, 4) is 0 Å². The standard InChI is InChI=1S/C8H6O4.C8H16O2/c9-7(10)5-3-1-2-4-6(5)8(11)12;1-3-5-6-7(4-2)8(9)10/h1-4H,(H,9,10)(H,11,12);7H,3-6H2,1-2H3,(H,9,10). The second kappa shape index (κ2) is 10.4. The summed E-state index contributed by atoms with van der Waals surface area (Å²) in [5.74, 6) is -3.21. The van der Waals surface area contributed by atoms with E-state index in [1.54, 1.807) is 0 Å². The van der Waals surface area contributed by atoms with E-state index in [0.717, 1.165) is 25.7 Å². The third-order valence-corrected chi connectivity index (χ3v) is 3.14. The molecule has 0 saturated carbocycles. The molecule has 1 atom stereocenters. The highest BCUT2D eigenvalue weighted by Gasteiger charge is 2.14. The minimum Gasteiger partial charge on any atom is -0.481 e. The van der Waals surface area contributed by atoms with E-state index < -0.39 is 17.9 Å². The summed E-state index contributed by atoms with van der Waals surface area (Å²) >= 11 is 0. The van der Waals surface area contributed by atoms with Crippen molar-refractivity contribution in [2.75, 3.05) is 0 Å². The normalized spacial score (nSPS) is 11.0. The summed E-state index contributed by atoms with van der Waals surface area (Å²) in [4.78, 5) is 31.4. The van der Waals surface area contributed by atoms with Gasteiger partial charge in [0.25, 0.3) is 0 Å². The fourth-order valence-electron chi connectivity index (χ4n) is 1.81. The maximum atomic E-state index is 10.5. The molecule has 1 aromatic carbocycles. The van der Waals surface area contributed by atoms with Gasteiger partial charge in [-0.3, -0.25) is 4.79 Å². The van der Waals surface area contributed by atoms with Gasteiger partial charge >= 0.3 is 17.9 Å². The van der Waals surface area contributed by atoms with Crippen LogP contribution in [0.3, 0.4) is 0 Å². The van der Waals surface area contributed by atoms with E-state index in [4.69, 9.17) is 15.3 Å². The van der Waals surface area contributed by atoms with E-state index in [-0.39, 0.29) is 17.0 Å². The molecule has 6 nitrogen and oxygen atoms in total. The van der Waals surface area contributed by atoms with Crippen LogP contribution in [0.1, 0.15) is 60.2 Å². The molecule has 0 amide bonds. The summed E-state index contributed by atoms with van der Waals surface area (Å²) in [6, 6.07) is 5.48. The van der Waals surface area contributed by atoms with E-state index in [2.05, 4.69) is 6.92 Å². The third-order valence-electron chi connectivity index (χ3n) is 3.14. The summed E-state index contributed by atoms with van der Waals surface area (Å²) in [7, 11) is 0. The molecule has 0 aromatic heterocycles. The highest BCUT2D eigenvalue weighted by Crippen LogP contribution is 2.11. The number of rotatable bonds is 7. The topological polar surface area (TPSA) is 112 Å². The number of aromatic carboxylic acids is 2. The molecule has 6 heteroatoms. The summed E-state index contributed by atoms with van der Waals surface area (Å²) in [6.45, 7) is 4.00. The first kappa shape index (κ1) is 19.6. The van der Waals surface area contributed by atoms with Crippen LogP contribution >= 0.6 is 0 Å². The molecule has 1 rings (SSSR count). The van der Waals surface area contributed by atoms with Gasteiger partial charge in [-0.05, 0) is 25.0 Å². The van der Waals surface area contributed by atoms with Gasteiger partial charge in [0.15, 0.2) is 0 Å². The molecule has 3 N–H and O–H groups in total. The van der Waals surface area contributed by atoms with Gasteiger partial charge in [0.1, 0.15) is 0 Å². The maximum Gasteiger partial charge on any atom is 0.336 e. The molecule has 0 heterocycles. The van der Waals surface area contributed by atoms with E-state index >= 15 is 0 Å². The molecular formula is C16H22O6. The lowest BCUT2D eigenvalue weighted by Gasteiger charge is -2.06. The van der Waals surface area contributed by atoms with Crippen LogP contribution in [0.4, 0.5) is 0 Å². The van der Waals surface area contributed by atoms with Crippen LogP contribution in [0.5, 0.6) is 0 Å². The van der Waals surface area contributed by atoms with Crippen molar-refractivity contribution >= 4 is 17.9 Å². The molecule has 0 fully saturated rings. The Morgan fingerprint density at radius 3 is 1.68 bits per heavy atom. The summed E-state index contributed by atoms with van der Waals surface area (Å²) in [6.07, 6.45) is 3.71. The van der Waals surface area contributed by atoms with Crippen molar-refractivity contribution in [2.45, 2.75) is 39.5 Å². The predicted molar refractivity (Wildman–Crippen MR) is 81.3 cm³/mol. The van der Waals surface area contributed by atoms with Gasteiger partial charge < -0.3 is 15.3 Å². The summed E-state index contributed by atoms with van der Waals surface area (Å²) in [5, 5.41) is 25.7. The average Bonchev–Trinajstić information content (AvgIpc) is 2.48. The second-order valence-corrected chi connectivity index (χ2v) is 4.74. The fraction of sp³-hybridized carbons (Fsp3) is 0.438. The molecule has 0 bridgehead atoms. The van der Waals surface area contributed by atoms with Crippen LogP contribution in [-0.4, -0.2) is 33.2 Å². The Bertz CT molecular complexity index is 476. The van der Waals surface area contributed by atoms with Crippen molar-refractivity contribution in [1.29, 1.82) is 0 Å². The number of hydrogen-bond acceptors (Lipinski definition) is 3. The first-order valence-electron chi connectivity index (χ1n) is 7.13. The number of carbonyl (C=O) groups is 3. The lowest BCUT2D eigenvalue weighted by Crippen LogP contribution is -2.11. The Kier molecular flexibility index (Phi) is 9.25. The molecule has 0 aliphatic rings. The lowest BCUT2D eigenvalue weighted by atomic mass is 10.00. The minimum atomic E-state index is -1.23. The van der Waals surface area contributed by atoms with Crippen LogP contribution in [-0.2, 0) is 4.79 Å². The van der Waals surface area contributed by atoms with Crippen molar-refractivity contribution in [2.24, 2.45) is 5.92 Å². The second-order valence-electron chi connectivity index (χ2n) is 4.74. The van der Waals surface area contributed by atoms with Gasteiger partial charge in [-0.25, -0.2) is 9.59 Å². The molecule has 0 aliphatic carbocycles. The van der Waals surface area contributed by atoms with Gasteiger partial charge in [-0.15, -0.1) is 0 Å². The maximum absolute atomic E-state index is 10.5. The molecule has 0 spiro atoms. The molecule has 0 radical (unpaired) electrons. The number of carboxylic acids is 3. The molecule has 0 saturated heterocycles. The Balaban J connectivity index is 0.000000409. The summed E-state index contributed by atoms with van der Waals surface area (Å²) in [5.41, 5.74) is -0.380. The molecule has 122 valence electrons. The summed E-state index contributed by atoms with van der Waals surface area (Å²) < 4.78 is 0. The number of unbranched alkanes of at least 4 members (excludes halogenated alkanes) is 1. The van der Waals surface area contributed by atoms with E-state index in [1.165, 1.54) is 24.3 Å². The fourth-order valence-corrected chi connectivity index (χ4v) is 1.81. The smallest absolute Gasteiger partial charge is 0.336 e. The third kappa shape index (κ3) is 6.88. The number of benzene rings is 1. The van der Waals surface area contributed by atoms with E-state index in [1.807, 2.05) is 6.92 Å². The van der Waals surface area contributed by atoms with Crippen LogP contribution < -0.4 is 0 Å². The van der Waals surface area contributed by atoms with Gasteiger partial charge in [0.2, 0.25) is 0 Å². The first-order chi connectivity index (χ1) is 10.3. The van der Waals surface area contributed by atoms with E-state index in [0.29, 0.717) is 0 Å². The average molecular weight is 310 g/mol. The van der Waals surface area contributed by atoms with Crippen LogP contribution in [0, 0.1) is 5.92 Å². The molecule has 0 aliphatic heterocycles. The Morgan fingerprint density at radius 2 is 1.41 bits per heavy atom. The largest absolute Gasteiger partial charge is 0.481 e. The van der Waals surface area contributed by atoms with Crippen molar-refractivity contribution < 1.29 is 29.7 Å². The van der Waals surface area contributed by atoms with Crippen molar-refractivity contribution in [3.63, 3.8) is 0 Å². The number of aliphatic carboxylic acids is 1. The van der Waals surface area contributed by atoms with Crippen LogP contribution in [0.15, 0.2) is 24.3 Å². The predicted octanol–water partition coefficient (Wildman–Crippen LogP) is 3.37. The van der Waals surface area contributed by atoms with Crippen molar-refractivity contribution in [3.05, 3.63) is 35.4 Å². The number of hydrogen-bond donors (Lipinski definition) is 3. The quantitative estimate of drug-likeness (QED) is 0.711. The van der Waals surface area contributed by atoms with Crippen molar-refractivity contribution in [1.82, 2.24) is 0 Å². The zero-order valence-corrected chi connectivity index (χ0v) is 12.8. The Labute approximate surface area is 129 Å². The highest BCUT2D eigenvalue weighted by atomic mass is 16.4. The molecular weight excluding hydrogens is 288 g/mol. The Morgan fingerprint density at radius 1 is 0.955 bits per heavy atom. The first-order valence-corrected chi connectivity index (χ1v) is 7.13. The Hall–Kier alpha value is -2.37. The SMILES string of the molecule is CCCCC(CC)C(=O)O.O=C(O)c1ccccc1C(=O)O. The van der Waals surface area contributed by atoms with E-state index in [9.17, 15) is 14.4 Å². The van der Waals surface area contributed by atoms with Gasteiger partial charge in [-0.1, -0.05) is 38.8 Å².